The molecule has 1 spiro atoms. The molecule has 220 valence electrons. The Labute approximate surface area is 239 Å². The largest absolute Gasteiger partial charge is 0.480 e. The van der Waals surface area contributed by atoms with Gasteiger partial charge in [0.2, 0.25) is 17.9 Å². The molecule has 2 atom stereocenters. The molecule has 2 aliphatic heterocycles. The second-order valence-electron chi connectivity index (χ2n) is 11.1. The average Bonchev–Trinajstić information content (AvgIpc) is 3.55. The van der Waals surface area contributed by atoms with Crippen molar-refractivity contribution in [1.29, 1.82) is 0 Å². The highest BCUT2D eigenvalue weighted by atomic mass is 19.4. The van der Waals surface area contributed by atoms with E-state index in [9.17, 15) is 23.1 Å². The van der Waals surface area contributed by atoms with E-state index in [1.54, 1.807) is 18.5 Å². The van der Waals surface area contributed by atoms with Gasteiger partial charge in [0.05, 0.1) is 17.4 Å². The third-order valence-corrected chi connectivity index (χ3v) is 8.32. The van der Waals surface area contributed by atoms with Crippen LogP contribution in [0.5, 0.6) is 5.88 Å². The van der Waals surface area contributed by atoms with Crippen molar-refractivity contribution in [2.75, 3.05) is 30.3 Å². The van der Waals surface area contributed by atoms with Crippen LogP contribution in [0.15, 0.2) is 54.9 Å². The van der Waals surface area contributed by atoms with E-state index in [-0.39, 0.29) is 22.8 Å². The summed E-state index contributed by atoms with van der Waals surface area (Å²) in [7, 11) is 1.89. The van der Waals surface area contributed by atoms with Crippen molar-refractivity contribution in [3.8, 4) is 17.0 Å². The molecular weight excluding hydrogens is 551 g/mol. The number of carboxylic acids is 1. The molecule has 0 bridgehead atoms. The van der Waals surface area contributed by atoms with E-state index in [0.29, 0.717) is 44.7 Å². The summed E-state index contributed by atoms with van der Waals surface area (Å²) < 4.78 is 50.0. The van der Waals surface area contributed by atoms with Crippen LogP contribution in [0, 0.1) is 5.41 Å². The average molecular weight is 582 g/mol. The number of aromatic nitrogens is 4. The molecular formula is C29H30F3N7O3. The Bertz CT molecular complexity index is 1620. The van der Waals surface area contributed by atoms with Crippen molar-refractivity contribution in [2.24, 2.45) is 12.5 Å². The number of carbonyl (C=O) groups is 1. The summed E-state index contributed by atoms with van der Waals surface area (Å²) in [4.78, 5) is 25.8. The minimum Gasteiger partial charge on any atom is -0.480 e. The first-order chi connectivity index (χ1) is 20.0. The Kier molecular flexibility index (Phi) is 6.92. The molecule has 42 heavy (non-hydrogen) atoms. The molecule has 2 aromatic carbocycles. The molecule has 1 unspecified atom stereocenters. The molecule has 2 fully saturated rings. The number of ether oxygens (including phenoxy) is 1. The molecule has 10 nitrogen and oxygen atoms in total. The fourth-order valence-electron chi connectivity index (χ4n) is 5.95. The number of nitrogens with zero attached hydrogens (tertiary/aromatic N) is 5. The lowest BCUT2D eigenvalue weighted by atomic mass is 9.76. The molecule has 6 rings (SSSR count). The summed E-state index contributed by atoms with van der Waals surface area (Å²) in [5, 5.41) is 12.4. The lowest BCUT2D eigenvalue weighted by molar-refractivity contribution is -0.198. The van der Waals surface area contributed by atoms with Gasteiger partial charge in [-0.3, -0.25) is 4.79 Å². The number of rotatable bonds is 6. The first-order valence-electron chi connectivity index (χ1n) is 13.6. The third-order valence-electron chi connectivity index (χ3n) is 8.32. The summed E-state index contributed by atoms with van der Waals surface area (Å²) in [5.74, 6) is -0.968. The maximum Gasteiger partial charge on any atom is 0.429 e. The van der Waals surface area contributed by atoms with E-state index < -0.39 is 24.3 Å². The zero-order valence-corrected chi connectivity index (χ0v) is 22.8. The van der Waals surface area contributed by atoms with Crippen molar-refractivity contribution in [3.05, 3.63) is 60.4 Å². The zero-order chi connectivity index (χ0) is 29.6. The zero-order valence-electron chi connectivity index (χ0n) is 22.8. The fourth-order valence-corrected chi connectivity index (χ4v) is 5.95. The van der Waals surface area contributed by atoms with Gasteiger partial charge < -0.3 is 30.4 Å². The van der Waals surface area contributed by atoms with Crippen LogP contribution >= 0.6 is 0 Å². The Morgan fingerprint density at radius 3 is 2.50 bits per heavy atom. The number of imidazole rings is 1. The van der Waals surface area contributed by atoms with Gasteiger partial charge in [0, 0.05) is 38.3 Å². The number of halogens is 3. The van der Waals surface area contributed by atoms with Gasteiger partial charge in [0.15, 0.2) is 0 Å². The maximum absolute atomic E-state index is 14.2. The summed E-state index contributed by atoms with van der Waals surface area (Å²) >= 11 is 0. The van der Waals surface area contributed by atoms with E-state index in [1.165, 1.54) is 18.2 Å². The first-order valence-corrected chi connectivity index (χ1v) is 13.6. The molecule has 0 saturated carbocycles. The predicted octanol–water partition coefficient (Wildman–Crippen LogP) is 4.33. The highest BCUT2D eigenvalue weighted by Crippen LogP contribution is 2.41. The van der Waals surface area contributed by atoms with Crippen LogP contribution in [0.25, 0.3) is 22.2 Å². The first kappa shape index (κ1) is 27.8. The van der Waals surface area contributed by atoms with Gasteiger partial charge in [0.1, 0.15) is 11.9 Å². The lowest BCUT2D eigenvalue weighted by Gasteiger charge is -2.39. The summed E-state index contributed by atoms with van der Waals surface area (Å²) in [6.07, 6.45) is -3.31. The Morgan fingerprint density at radius 2 is 1.83 bits per heavy atom. The highest BCUT2D eigenvalue weighted by Gasteiger charge is 2.45. The second kappa shape index (κ2) is 10.5. The number of aliphatic carboxylic acids is 1. The minimum atomic E-state index is -4.72. The van der Waals surface area contributed by atoms with E-state index >= 15 is 0 Å². The van der Waals surface area contributed by atoms with Gasteiger partial charge in [0.25, 0.3) is 0 Å². The number of nitrogen functional groups attached to an aromatic ring is 1. The number of hydrogen-bond donors (Lipinski definition) is 3. The molecule has 0 aliphatic carbocycles. The van der Waals surface area contributed by atoms with Gasteiger partial charge in [-0.1, -0.05) is 30.3 Å². The molecule has 4 aromatic rings. The van der Waals surface area contributed by atoms with Crippen LogP contribution in [0.4, 0.5) is 24.9 Å². The molecule has 4 heterocycles. The predicted molar refractivity (Wildman–Crippen MR) is 150 cm³/mol. The molecule has 0 radical (unpaired) electrons. The number of nitrogens with one attached hydrogen (secondary N) is 1. The Morgan fingerprint density at radius 1 is 1.12 bits per heavy atom. The van der Waals surface area contributed by atoms with Crippen LogP contribution in [0.2, 0.25) is 0 Å². The third kappa shape index (κ3) is 5.43. The quantitative estimate of drug-likeness (QED) is 0.305. The fraction of sp³-hybridized carbons (Fsp3) is 0.379. The standard InChI is InChI=1S/C29H30F3N7O3/c1-38-16-35-20-12-19(6-7-22(20)38)17-2-4-18(5-3-17)25(29(30,31)32)42-24-13-23(36-27(33)37-24)39-10-8-28(9-11-39)14-21(26(40)41)34-15-28/h2-7,12-13,16,21,25,34H,8-11,14-15H2,1H3,(H,40,41)(H2,33,36,37)/t21?,25-/m1/s1. The van der Waals surface area contributed by atoms with Crippen molar-refractivity contribution >= 4 is 28.8 Å². The number of anilines is 2. The van der Waals surface area contributed by atoms with E-state index in [0.717, 1.165) is 22.2 Å². The second-order valence-corrected chi connectivity index (χ2v) is 11.1. The van der Waals surface area contributed by atoms with E-state index in [4.69, 9.17) is 10.5 Å². The van der Waals surface area contributed by atoms with Crippen LogP contribution in [-0.4, -0.2) is 62.4 Å². The number of nitrogens with two attached hydrogens (primary N) is 1. The summed E-state index contributed by atoms with van der Waals surface area (Å²) in [6, 6.07) is 12.6. The SMILES string of the molecule is Cn1cnc2cc(-c3ccc([C@@H](Oc4cc(N5CCC6(CC5)CNC(C(=O)O)C6)nc(N)n4)C(F)(F)F)cc3)ccc21. The van der Waals surface area contributed by atoms with Gasteiger partial charge in [-0.05, 0) is 47.9 Å². The number of benzene rings is 2. The molecule has 2 saturated heterocycles. The van der Waals surface area contributed by atoms with Crippen LogP contribution in [0.1, 0.15) is 30.9 Å². The van der Waals surface area contributed by atoms with Crippen LogP contribution in [0.3, 0.4) is 0 Å². The van der Waals surface area contributed by atoms with Crippen molar-refractivity contribution in [3.63, 3.8) is 0 Å². The maximum atomic E-state index is 14.2. The normalized spacial score (nSPS) is 19.3. The van der Waals surface area contributed by atoms with Crippen molar-refractivity contribution in [2.45, 2.75) is 37.6 Å². The molecule has 4 N–H and O–H groups in total. The lowest BCUT2D eigenvalue weighted by Crippen LogP contribution is -2.41. The number of hydrogen-bond acceptors (Lipinski definition) is 8. The summed E-state index contributed by atoms with van der Waals surface area (Å²) in [6.45, 7) is 1.72. The van der Waals surface area contributed by atoms with Crippen molar-refractivity contribution < 1.29 is 27.8 Å². The minimum absolute atomic E-state index is 0.0782. The number of carboxylic acid groups (broad SMARTS) is 1. The molecule has 2 aromatic heterocycles. The highest BCUT2D eigenvalue weighted by molar-refractivity contribution is 5.82. The van der Waals surface area contributed by atoms with Crippen LogP contribution < -0.4 is 20.7 Å². The van der Waals surface area contributed by atoms with Crippen molar-refractivity contribution in [1.82, 2.24) is 24.8 Å². The van der Waals surface area contributed by atoms with Gasteiger partial charge in [-0.15, -0.1) is 0 Å². The summed E-state index contributed by atoms with van der Waals surface area (Å²) in [5.41, 5.74) is 9.01. The van der Waals surface area contributed by atoms with E-state index in [1.807, 2.05) is 34.7 Å². The Balaban J connectivity index is 1.19. The van der Waals surface area contributed by atoms with Gasteiger partial charge in [-0.2, -0.15) is 23.1 Å². The smallest absolute Gasteiger partial charge is 0.429 e. The Hall–Kier alpha value is -4.39. The number of piperidine rings is 1. The molecule has 13 heteroatoms. The molecule has 2 aliphatic rings. The topological polar surface area (TPSA) is 131 Å². The number of fused-ring (bicyclic) bond motifs is 1. The number of alkyl halides is 3. The van der Waals surface area contributed by atoms with Gasteiger partial charge in [-0.25, -0.2) is 4.98 Å². The van der Waals surface area contributed by atoms with E-state index in [2.05, 4.69) is 20.3 Å². The van der Waals surface area contributed by atoms with Gasteiger partial charge >= 0.3 is 12.1 Å². The molecule has 0 amide bonds. The monoisotopic (exact) mass is 581 g/mol. The number of aryl methyl sites for hydroxylation is 1. The van der Waals surface area contributed by atoms with Crippen LogP contribution in [-0.2, 0) is 11.8 Å².